The summed E-state index contributed by atoms with van der Waals surface area (Å²) >= 11 is 0. The lowest BCUT2D eigenvalue weighted by Crippen LogP contribution is -1.96. The molecule has 0 radical (unpaired) electrons. The summed E-state index contributed by atoms with van der Waals surface area (Å²) in [4.78, 5) is 53.0. The first-order valence-electron chi connectivity index (χ1n) is 23.3. The molecule has 0 aliphatic heterocycles. The van der Waals surface area contributed by atoms with Crippen LogP contribution in [-0.2, 0) is 4.79 Å². The van der Waals surface area contributed by atoms with Crippen molar-refractivity contribution in [3.63, 3.8) is 0 Å². The second-order valence-electron chi connectivity index (χ2n) is 16.6. The van der Waals surface area contributed by atoms with Crippen molar-refractivity contribution in [2.24, 2.45) is 0 Å². The van der Waals surface area contributed by atoms with Crippen molar-refractivity contribution in [2.45, 2.75) is 0 Å². The fraction of sp³-hybridized carbons (Fsp3) is 0. The molecule has 0 unspecified atom stereocenters. The van der Waals surface area contributed by atoms with E-state index >= 15 is 0 Å². The number of para-hydroxylation sites is 1. The van der Waals surface area contributed by atoms with Crippen LogP contribution in [0.3, 0.4) is 0 Å². The van der Waals surface area contributed by atoms with Gasteiger partial charge in [-0.2, -0.15) is 0 Å². The number of benzene rings is 11. The number of carboxylic acids is 4. The van der Waals surface area contributed by atoms with Crippen LogP contribution in [0, 0.1) is 0 Å². The van der Waals surface area contributed by atoms with Crippen LogP contribution in [0.25, 0.3) is 54.2 Å². The molecular weight excluding hydrogens is 997 g/mol. The van der Waals surface area contributed by atoms with Crippen LogP contribution < -0.4 is 4.74 Å². The third-order valence-corrected chi connectivity index (χ3v) is 11.3. The molecule has 0 spiro atoms. The minimum absolute atomic E-state index is 0.0660. The zero-order chi connectivity index (χ0) is 56.1. The molecule has 0 fully saturated rings. The van der Waals surface area contributed by atoms with Crippen LogP contribution in [0.5, 0.6) is 34.5 Å². The van der Waals surface area contributed by atoms with Crippen molar-refractivity contribution in [2.75, 3.05) is 0 Å². The van der Waals surface area contributed by atoms with E-state index in [-0.39, 0.29) is 45.3 Å². The monoisotopic (exact) mass is 1040 g/mol. The fourth-order valence-corrected chi connectivity index (χ4v) is 7.46. The molecule has 9 N–H and O–H groups in total. The van der Waals surface area contributed by atoms with Crippen LogP contribution in [0.4, 0.5) is 0 Å². The number of carbonyl (C=O) groups is 5. The number of carboxylic acid groups (broad SMARTS) is 4. The maximum Gasteiger partial charge on any atom is 0.339 e. The minimum atomic E-state index is -1.12. The van der Waals surface area contributed by atoms with Crippen LogP contribution in [0.2, 0.25) is 0 Å². The number of carbonyl (C=O) groups excluding carboxylic acids is 1. The first-order valence-corrected chi connectivity index (χ1v) is 23.3. The molecule has 0 atom stereocenters. The van der Waals surface area contributed by atoms with E-state index in [0.29, 0.717) is 23.4 Å². The van der Waals surface area contributed by atoms with E-state index in [9.17, 15) is 44.4 Å². The van der Waals surface area contributed by atoms with Crippen LogP contribution in [-0.4, -0.2) is 76.3 Å². The highest BCUT2D eigenvalue weighted by Gasteiger charge is 2.12. The standard InChI is InChI=1S/C13H10O2.4C11H8O3.C6H6O/c14-10-15-13-8-6-12(7-9-13)11-4-2-1-3-5-11;12-10-4-3-7-5-9(11(13)14)2-1-8(7)6-10;12-8-4-5-9-7(6-8)2-1-3-10(9)11(13)14;2*12-10-6-8-4-2-1-3-7(8)5-9(10)11(13)14;7-6-4-2-1-3-5-6/h1-10H;4*1-6,12H,(H,13,14);1-5,7H. The number of aromatic hydroxyl groups is 5. The third-order valence-electron chi connectivity index (χ3n) is 11.3. The second kappa shape index (κ2) is 27.2. The van der Waals surface area contributed by atoms with Crippen LogP contribution in [0.15, 0.2) is 231 Å². The summed E-state index contributed by atoms with van der Waals surface area (Å²) in [7, 11) is 0. The Balaban J connectivity index is 0.000000153. The van der Waals surface area contributed by atoms with Gasteiger partial charge in [0.25, 0.3) is 6.47 Å². The smallest absolute Gasteiger partial charge is 0.339 e. The summed E-state index contributed by atoms with van der Waals surface area (Å²) in [5, 5.41) is 87.3. The van der Waals surface area contributed by atoms with Crippen molar-refractivity contribution in [3.05, 3.63) is 253 Å². The number of hydrogen-bond acceptors (Lipinski definition) is 11. The fourth-order valence-electron chi connectivity index (χ4n) is 7.46. The average Bonchev–Trinajstić information content (AvgIpc) is 3.44. The molecule has 15 nitrogen and oxygen atoms in total. The number of aromatic carboxylic acids is 4. The average molecular weight is 1050 g/mol. The molecule has 0 saturated heterocycles. The normalized spacial score (nSPS) is 10.0. The van der Waals surface area contributed by atoms with E-state index < -0.39 is 23.9 Å². The Bertz CT molecular complexity index is 3770. The van der Waals surface area contributed by atoms with Gasteiger partial charge in [0.2, 0.25) is 0 Å². The largest absolute Gasteiger partial charge is 0.508 e. The number of rotatable bonds is 7. The van der Waals surface area contributed by atoms with Crippen LogP contribution in [0.1, 0.15) is 41.4 Å². The third kappa shape index (κ3) is 15.9. The Kier molecular flexibility index (Phi) is 19.6. The lowest BCUT2D eigenvalue weighted by atomic mass is 10.0. The summed E-state index contributed by atoms with van der Waals surface area (Å²) < 4.78 is 4.72. The highest BCUT2D eigenvalue weighted by Crippen LogP contribution is 2.28. The Morgan fingerprint density at radius 3 is 1.21 bits per heavy atom. The molecular formula is C63H48O15. The van der Waals surface area contributed by atoms with Crippen molar-refractivity contribution in [3.8, 4) is 45.6 Å². The van der Waals surface area contributed by atoms with Gasteiger partial charge in [-0.3, -0.25) is 4.79 Å². The van der Waals surface area contributed by atoms with Gasteiger partial charge < -0.3 is 50.7 Å². The van der Waals surface area contributed by atoms with Gasteiger partial charge in [0.05, 0.1) is 11.1 Å². The summed E-state index contributed by atoms with van der Waals surface area (Å²) in [6, 6.07) is 65.8. The highest BCUT2D eigenvalue weighted by molar-refractivity contribution is 6.04. The molecule has 11 aromatic carbocycles. The van der Waals surface area contributed by atoms with Gasteiger partial charge in [0.15, 0.2) is 0 Å². The van der Waals surface area contributed by atoms with Crippen molar-refractivity contribution < 1.29 is 74.7 Å². The van der Waals surface area contributed by atoms with Gasteiger partial charge in [-0.1, -0.05) is 133 Å². The highest BCUT2D eigenvalue weighted by atomic mass is 16.5. The van der Waals surface area contributed by atoms with Crippen molar-refractivity contribution in [1.82, 2.24) is 0 Å². The van der Waals surface area contributed by atoms with E-state index in [1.165, 1.54) is 42.5 Å². The van der Waals surface area contributed by atoms with E-state index in [4.69, 9.17) is 30.3 Å². The molecule has 11 rings (SSSR count). The Morgan fingerprint density at radius 2 is 0.731 bits per heavy atom. The molecule has 0 aromatic heterocycles. The zero-order valence-electron chi connectivity index (χ0n) is 41.0. The quantitative estimate of drug-likeness (QED) is 0.0671. The van der Waals surface area contributed by atoms with E-state index in [1.54, 1.807) is 103 Å². The van der Waals surface area contributed by atoms with E-state index in [0.717, 1.165) is 48.8 Å². The first kappa shape index (κ1) is 56.1. The SMILES string of the molecule is O=C(O)c1cc2ccccc2cc1O.O=C(O)c1cc2ccccc2cc1O.O=C(O)c1ccc2cc(O)ccc2c1.O=C(O)c1cccc2cc(O)ccc12.O=COc1ccc(-c2ccccc2)cc1.Oc1ccccc1. The first-order chi connectivity index (χ1) is 37.5. The molecule has 78 heavy (non-hydrogen) atoms. The zero-order valence-corrected chi connectivity index (χ0v) is 41.0. The predicted molar refractivity (Wildman–Crippen MR) is 297 cm³/mol. The Morgan fingerprint density at radius 1 is 0.321 bits per heavy atom. The number of ether oxygens (including phenoxy) is 1. The summed E-state index contributed by atoms with van der Waals surface area (Å²) in [5.74, 6) is -3.33. The topological polar surface area (TPSA) is 277 Å². The van der Waals surface area contributed by atoms with Gasteiger partial charge in [0, 0.05) is 0 Å². The summed E-state index contributed by atoms with van der Waals surface area (Å²) in [6.07, 6.45) is 0. The Labute approximate surface area is 444 Å². The summed E-state index contributed by atoms with van der Waals surface area (Å²) in [5.41, 5.74) is 2.63. The lowest BCUT2D eigenvalue weighted by Gasteiger charge is -2.02. The van der Waals surface area contributed by atoms with Crippen molar-refractivity contribution in [1.29, 1.82) is 0 Å². The van der Waals surface area contributed by atoms with Crippen molar-refractivity contribution >= 4 is 73.4 Å². The molecule has 15 heteroatoms. The molecule has 390 valence electrons. The van der Waals surface area contributed by atoms with E-state index in [2.05, 4.69) is 0 Å². The molecule has 0 saturated carbocycles. The van der Waals surface area contributed by atoms with Gasteiger partial charge >= 0.3 is 23.9 Å². The molecule has 0 aliphatic carbocycles. The second-order valence-corrected chi connectivity index (χ2v) is 16.6. The predicted octanol–water partition coefficient (Wildman–Crippen LogP) is 13.3. The molecule has 0 bridgehead atoms. The number of phenolic OH excluding ortho intramolecular Hbond substituents is 3. The molecule has 0 heterocycles. The van der Waals surface area contributed by atoms with Gasteiger partial charge in [-0.05, 0) is 151 Å². The maximum atomic E-state index is 10.8. The van der Waals surface area contributed by atoms with Crippen LogP contribution >= 0.6 is 0 Å². The van der Waals surface area contributed by atoms with Gasteiger partial charge in [-0.15, -0.1) is 0 Å². The number of phenols is 5. The number of fused-ring (bicyclic) bond motifs is 4. The minimum Gasteiger partial charge on any atom is -0.508 e. The Hall–Kier alpha value is -11.2. The van der Waals surface area contributed by atoms with Gasteiger partial charge in [0.1, 0.15) is 45.6 Å². The molecule has 0 aliphatic rings. The molecule has 11 aromatic rings. The maximum absolute atomic E-state index is 10.8. The molecule has 0 amide bonds. The van der Waals surface area contributed by atoms with E-state index in [1.807, 2.05) is 84.9 Å². The van der Waals surface area contributed by atoms with Gasteiger partial charge in [-0.25, -0.2) is 19.2 Å². The lowest BCUT2D eigenvalue weighted by molar-refractivity contribution is -0.120. The summed E-state index contributed by atoms with van der Waals surface area (Å²) in [6.45, 7) is 0.428. The number of hydrogen-bond donors (Lipinski definition) is 9.